The Hall–Kier alpha value is -3.02. The fraction of sp³-hybridized carbons (Fsp3) is 0.222. The maximum absolute atomic E-state index is 12.4. The zero-order chi connectivity index (χ0) is 16.5. The molecule has 0 saturated heterocycles. The van der Waals surface area contributed by atoms with Gasteiger partial charge in [-0.05, 0) is 31.2 Å². The van der Waals surface area contributed by atoms with Gasteiger partial charge in [-0.3, -0.25) is 4.79 Å². The molecule has 2 atom stereocenters. The van der Waals surface area contributed by atoms with Gasteiger partial charge in [-0.2, -0.15) is 0 Å². The van der Waals surface area contributed by atoms with Gasteiger partial charge in [-0.15, -0.1) is 0 Å². The van der Waals surface area contributed by atoms with Crippen LogP contribution in [0.5, 0.6) is 11.5 Å². The van der Waals surface area contributed by atoms with Crippen LogP contribution < -0.4 is 14.8 Å². The Morgan fingerprint density at radius 2 is 1.96 bits per heavy atom. The van der Waals surface area contributed by atoms with Gasteiger partial charge in [0.25, 0.3) is 5.91 Å². The minimum Gasteiger partial charge on any atom is -0.485 e. The number of para-hydroxylation sites is 4. The number of carbonyl (C=O) groups is 1. The summed E-state index contributed by atoms with van der Waals surface area (Å²) in [6.45, 7) is 2.07. The number of hydrogen-bond acceptors (Lipinski definition) is 4. The summed E-state index contributed by atoms with van der Waals surface area (Å²) in [5.41, 5.74) is 1.82. The van der Waals surface area contributed by atoms with Crippen LogP contribution in [0.1, 0.15) is 18.8 Å². The first-order valence-corrected chi connectivity index (χ1v) is 7.84. The van der Waals surface area contributed by atoms with E-state index in [2.05, 4.69) is 15.3 Å². The van der Waals surface area contributed by atoms with Crippen LogP contribution in [-0.4, -0.2) is 28.6 Å². The van der Waals surface area contributed by atoms with Gasteiger partial charge >= 0.3 is 0 Å². The zero-order valence-electron chi connectivity index (χ0n) is 13.2. The monoisotopic (exact) mass is 323 g/mol. The lowest BCUT2D eigenvalue weighted by molar-refractivity contribution is -0.131. The molecular weight excluding hydrogens is 306 g/mol. The summed E-state index contributed by atoms with van der Waals surface area (Å²) in [4.78, 5) is 20.2. The molecule has 0 unspecified atom stereocenters. The predicted molar refractivity (Wildman–Crippen MR) is 89.0 cm³/mol. The third-order valence-corrected chi connectivity index (χ3v) is 3.98. The van der Waals surface area contributed by atoms with Crippen LogP contribution in [0.15, 0.2) is 48.5 Å². The number of nitrogens with zero attached hydrogens (tertiary/aromatic N) is 1. The molecule has 6 heteroatoms. The highest BCUT2D eigenvalue weighted by molar-refractivity contribution is 5.82. The van der Waals surface area contributed by atoms with E-state index < -0.39 is 6.10 Å². The predicted octanol–water partition coefficient (Wildman–Crippen LogP) is 2.58. The first kappa shape index (κ1) is 14.6. The SMILES string of the molecule is C[C@@H](NC(=O)[C@@H]1COc2ccccc2O1)c1nc2ccccc2[nH]1. The van der Waals surface area contributed by atoms with Gasteiger partial charge in [0.2, 0.25) is 6.10 Å². The van der Waals surface area contributed by atoms with Gasteiger partial charge < -0.3 is 19.8 Å². The van der Waals surface area contributed by atoms with E-state index in [0.717, 1.165) is 11.0 Å². The van der Waals surface area contributed by atoms with Crippen LogP contribution in [0.25, 0.3) is 11.0 Å². The molecule has 4 rings (SSSR count). The Kier molecular flexibility index (Phi) is 3.57. The van der Waals surface area contributed by atoms with Crippen molar-refractivity contribution in [3.05, 3.63) is 54.4 Å². The van der Waals surface area contributed by atoms with E-state index >= 15 is 0 Å². The average molecular weight is 323 g/mol. The van der Waals surface area contributed by atoms with Crippen LogP contribution in [0, 0.1) is 0 Å². The number of imidazole rings is 1. The van der Waals surface area contributed by atoms with Crippen molar-refractivity contribution in [2.24, 2.45) is 0 Å². The fourth-order valence-corrected chi connectivity index (χ4v) is 2.70. The molecule has 0 bridgehead atoms. The first-order valence-electron chi connectivity index (χ1n) is 7.84. The molecule has 2 aromatic carbocycles. The quantitative estimate of drug-likeness (QED) is 0.777. The van der Waals surface area contributed by atoms with Crippen LogP contribution in [0.2, 0.25) is 0 Å². The minimum absolute atomic E-state index is 0.190. The van der Waals surface area contributed by atoms with Gasteiger partial charge in [0.05, 0.1) is 17.1 Å². The molecule has 24 heavy (non-hydrogen) atoms. The normalized spacial score (nSPS) is 17.5. The topological polar surface area (TPSA) is 76.2 Å². The van der Waals surface area contributed by atoms with Gasteiger partial charge in [0, 0.05) is 0 Å². The molecule has 1 amide bonds. The number of aromatic amines is 1. The summed E-state index contributed by atoms with van der Waals surface area (Å²) in [5.74, 6) is 1.73. The second-order valence-electron chi connectivity index (χ2n) is 5.73. The van der Waals surface area contributed by atoms with Gasteiger partial charge in [0.15, 0.2) is 11.5 Å². The molecule has 0 spiro atoms. The van der Waals surface area contributed by atoms with Crippen molar-refractivity contribution in [1.29, 1.82) is 0 Å². The summed E-state index contributed by atoms with van der Waals surface area (Å²) >= 11 is 0. The van der Waals surface area contributed by atoms with Gasteiger partial charge in [0.1, 0.15) is 12.4 Å². The Labute approximate surface area is 138 Å². The number of fused-ring (bicyclic) bond motifs is 2. The number of benzene rings is 2. The van der Waals surface area contributed by atoms with Crippen LogP contribution in [0.4, 0.5) is 0 Å². The number of amides is 1. The number of ether oxygens (including phenoxy) is 2. The van der Waals surface area contributed by atoms with E-state index in [9.17, 15) is 4.79 Å². The molecule has 6 nitrogen and oxygen atoms in total. The summed E-state index contributed by atoms with van der Waals surface area (Å²) in [5, 5.41) is 2.92. The minimum atomic E-state index is -0.674. The fourth-order valence-electron chi connectivity index (χ4n) is 2.70. The Bertz CT molecular complexity index is 857. The van der Waals surface area contributed by atoms with Crippen molar-refractivity contribution >= 4 is 16.9 Å². The molecule has 0 radical (unpaired) electrons. The highest BCUT2D eigenvalue weighted by Gasteiger charge is 2.28. The Morgan fingerprint density at radius 3 is 2.79 bits per heavy atom. The summed E-state index contributed by atoms with van der Waals surface area (Å²) in [7, 11) is 0. The Morgan fingerprint density at radius 1 is 1.21 bits per heavy atom. The number of H-pyrrole nitrogens is 1. The van der Waals surface area contributed by atoms with Crippen molar-refractivity contribution in [1.82, 2.24) is 15.3 Å². The zero-order valence-corrected chi connectivity index (χ0v) is 13.2. The van der Waals surface area contributed by atoms with E-state index in [-0.39, 0.29) is 18.6 Å². The third-order valence-electron chi connectivity index (χ3n) is 3.98. The van der Waals surface area contributed by atoms with Crippen molar-refractivity contribution < 1.29 is 14.3 Å². The Balaban J connectivity index is 1.46. The number of carbonyl (C=O) groups excluding carboxylic acids is 1. The lowest BCUT2D eigenvalue weighted by Crippen LogP contribution is -2.44. The molecule has 0 aliphatic carbocycles. The maximum atomic E-state index is 12.4. The van der Waals surface area contributed by atoms with Crippen LogP contribution in [0.3, 0.4) is 0 Å². The highest BCUT2D eigenvalue weighted by Crippen LogP contribution is 2.31. The highest BCUT2D eigenvalue weighted by atomic mass is 16.6. The second kappa shape index (κ2) is 5.88. The largest absolute Gasteiger partial charge is 0.485 e. The number of nitrogens with one attached hydrogen (secondary N) is 2. The molecule has 2 N–H and O–H groups in total. The molecule has 122 valence electrons. The average Bonchev–Trinajstić information content (AvgIpc) is 3.05. The van der Waals surface area contributed by atoms with E-state index in [1.165, 1.54) is 0 Å². The van der Waals surface area contributed by atoms with E-state index in [1.807, 2.05) is 49.4 Å². The van der Waals surface area contributed by atoms with E-state index in [1.54, 1.807) is 6.07 Å². The van der Waals surface area contributed by atoms with Crippen molar-refractivity contribution in [2.45, 2.75) is 19.1 Å². The van der Waals surface area contributed by atoms with Crippen LogP contribution >= 0.6 is 0 Å². The first-order chi connectivity index (χ1) is 11.7. The molecule has 2 heterocycles. The maximum Gasteiger partial charge on any atom is 0.265 e. The molecule has 1 aliphatic heterocycles. The van der Waals surface area contributed by atoms with E-state index in [4.69, 9.17) is 9.47 Å². The third kappa shape index (κ3) is 2.67. The van der Waals surface area contributed by atoms with E-state index in [0.29, 0.717) is 17.3 Å². The summed E-state index contributed by atoms with van der Waals surface area (Å²) < 4.78 is 11.3. The second-order valence-corrected chi connectivity index (χ2v) is 5.73. The van der Waals surface area contributed by atoms with Crippen LogP contribution in [-0.2, 0) is 4.79 Å². The molecule has 0 fully saturated rings. The van der Waals surface area contributed by atoms with Crippen molar-refractivity contribution in [2.75, 3.05) is 6.61 Å². The summed E-state index contributed by atoms with van der Waals surface area (Å²) in [6, 6.07) is 14.8. The molecule has 1 aliphatic rings. The van der Waals surface area contributed by atoms with Crippen molar-refractivity contribution in [3.8, 4) is 11.5 Å². The number of rotatable bonds is 3. The molecule has 3 aromatic rings. The lowest BCUT2D eigenvalue weighted by Gasteiger charge is -2.26. The molecular formula is C18H17N3O3. The summed E-state index contributed by atoms with van der Waals surface area (Å²) in [6.07, 6.45) is -0.674. The molecule has 1 aromatic heterocycles. The van der Waals surface area contributed by atoms with Crippen molar-refractivity contribution in [3.63, 3.8) is 0 Å². The number of aromatic nitrogens is 2. The van der Waals surface area contributed by atoms with Gasteiger partial charge in [-0.1, -0.05) is 24.3 Å². The smallest absolute Gasteiger partial charge is 0.265 e. The van der Waals surface area contributed by atoms with Gasteiger partial charge in [-0.25, -0.2) is 4.98 Å². The lowest BCUT2D eigenvalue weighted by atomic mass is 10.2. The number of hydrogen-bond donors (Lipinski definition) is 2. The molecule has 0 saturated carbocycles. The standard InChI is InChI=1S/C18H17N3O3/c1-11(17-20-12-6-2-3-7-13(12)21-17)19-18(22)16-10-23-14-8-4-5-9-15(14)24-16/h2-9,11,16H,10H2,1H3,(H,19,22)(H,20,21)/t11-,16+/m1/s1.